The lowest BCUT2D eigenvalue weighted by atomic mass is 10.1. The summed E-state index contributed by atoms with van der Waals surface area (Å²) in [5.74, 6) is 0.933. The highest BCUT2D eigenvalue weighted by Crippen LogP contribution is 2.32. The fourth-order valence-corrected chi connectivity index (χ4v) is 7.21. The van der Waals surface area contributed by atoms with Crippen molar-refractivity contribution in [1.82, 2.24) is 14.1 Å². The molecule has 0 atom stereocenters. The number of nitrogens with zero attached hydrogens (tertiary/aromatic N) is 4. The second-order valence-corrected chi connectivity index (χ2v) is 12.4. The lowest BCUT2D eigenvalue weighted by Gasteiger charge is -2.36. The van der Waals surface area contributed by atoms with Crippen LogP contribution in [0.2, 0.25) is 5.02 Å². The van der Waals surface area contributed by atoms with Crippen molar-refractivity contribution in [2.45, 2.75) is 50.5 Å². The summed E-state index contributed by atoms with van der Waals surface area (Å²) in [7, 11) is -2.12. The standard InChI is InChI=1S/C28H33ClN4O5S/c1-19-15-24(16-20(2)26(19)37-3)39(35,36)32-13-11-31(12-14-32)25-18-30-33(22-8-6-7-21(29)17-22)28(34)27(25)38-23-9-4-5-10-23/h6-8,15-18,23H,4-5,9-14H2,1-3H3. The molecule has 2 aliphatic rings. The Morgan fingerprint density at radius 2 is 1.64 bits per heavy atom. The predicted octanol–water partition coefficient (Wildman–Crippen LogP) is 4.34. The molecule has 0 N–H and O–H groups in total. The first-order valence-corrected chi connectivity index (χ1v) is 15.0. The van der Waals surface area contributed by atoms with Crippen LogP contribution in [0.15, 0.2) is 52.3 Å². The molecule has 3 aromatic rings. The largest absolute Gasteiger partial charge is 0.496 e. The average Bonchev–Trinajstić information content (AvgIpc) is 3.43. The highest BCUT2D eigenvalue weighted by Gasteiger charge is 2.32. The molecule has 2 heterocycles. The minimum absolute atomic E-state index is 0.0325. The summed E-state index contributed by atoms with van der Waals surface area (Å²) in [6.45, 7) is 5.02. The van der Waals surface area contributed by atoms with E-state index >= 15 is 0 Å². The molecule has 1 saturated heterocycles. The molecular formula is C28H33ClN4O5S. The number of anilines is 1. The molecule has 0 spiro atoms. The van der Waals surface area contributed by atoms with Crippen LogP contribution < -0.4 is 19.9 Å². The topological polar surface area (TPSA) is 94.0 Å². The maximum Gasteiger partial charge on any atom is 0.316 e. The van der Waals surface area contributed by atoms with Crippen molar-refractivity contribution in [3.63, 3.8) is 0 Å². The molecule has 39 heavy (non-hydrogen) atoms. The van der Waals surface area contributed by atoms with Crippen LogP contribution in [0.5, 0.6) is 11.5 Å². The van der Waals surface area contributed by atoms with E-state index in [2.05, 4.69) is 5.10 Å². The molecule has 5 rings (SSSR count). The summed E-state index contributed by atoms with van der Waals surface area (Å²) in [5.41, 5.74) is 2.32. The lowest BCUT2D eigenvalue weighted by molar-refractivity contribution is 0.205. The van der Waals surface area contributed by atoms with E-state index in [9.17, 15) is 13.2 Å². The molecule has 0 unspecified atom stereocenters. The molecule has 0 bridgehead atoms. The normalized spacial score (nSPS) is 17.0. The Morgan fingerprint density at radius 3 is 2.26 bits per heavy atom. The molecule has 11 heteroatoms. The van der Waals surface area contributed by atoms with Crippen LogP contribution in [-0.2, 0) is 10.0 Å². The van der Waals surface area contributed by atoms with Crippen molar-refractivity contribution in [2.75, 3.05) is 38.2 Å². The van der Waals surface area contributed by atoms with Crippen molar-refractivity contribution in [3.8, 4) is 17.2 Å². The van der Waals surface area contributed by atoms with Gasteiger partial charge in [0.25, 0.3) is 0 Å². The Kier molecular flexibility index (Phi) is 7.89. The van der Waals surface area contributed by atoms with E-state index in [-0.39, 0.29) is 35.4 Å². The number of hydrogen-bond donors (Lipinski definition) is 0. The molecule has 9 nitrogen and oxygen atoms in total. The van der Waals surface area contributed by atoms with Crippen molar-refractivity contribution in [1.29, 1.82) is 0 Å². The molecular weight excluding hydrogens is 540 g/mol. The molecule has 1 aliphatic carbocycles. The summed E-state index contributed by atoms with van der Waals surface area (Å²) < 4.78 is 41.4. The molecule has 1 aliphatic heterocycles. The number of ether oxygens (including phenoxy) is 2. The molecule has 2 aromatic carbocycles. The van der Waals surface area contributed by atoms with Crippen LogP contribution in [0, 0.1) is 13.8 Å². The number of piperazine rings is 1. The summed E-state index contributed by atoms with van der Waals surface area (Å²) in [5, 5.41) is 4.93. The monoisotopic (exact) mass is 572 g/mol. The molecule has 0 amide bonds. The van der Waals surface area contributed by atoms with Gasteiger partial charge in [-0.05, 0) is 81.0 Å². The van der Waals surface area contributed by atoms with Crippen LogP contribution in [0.4, 0.5) is 5.69 Å². The fourth-order valence-electron chi connectivity index (χ4n) is 5.43. The van der Waals surface area contributed by atoms with Gasteiger partial charge in [-0.15, -0.1) is 0 Å². The van der Waals surface area contributed by atoms with Crippen LogP contribution in [0.25, 0.3) is 5.69 Å². The van der Waals surface area contributed by atoms with E-state index in [0.29, 0.717) is 35.2 Å². The molecule has 2 fully saturated rings. The third-order valence-corrected chi connectivity index (χ3v) is 9.52. The van der Waals surface area contributed by atoms with Crippen LogP contribution >= 0.6 is 11.6 Å². The number of aryl methyl sites for hydroxylation is 2. The first-order chi connectivity index (χ1) is 18.7. The Labute approximate surface area is 234 Å². The number of sulfonamides is 1. The summed E-state index contributed by atoms with van der Waals surface area (Å²) in [6.07, 6.45) is 5.52. The van der Waals surface area contributed by atoms with Gasteiger partial charge >= 0.3 is 5.56 Å². The Hall–Kier alpha value is -3.08. The van der Waals surface area contributed by atoms with Gasteiger partial charge in [-0.3, -0.25) is 4.79 Å². The van der Waals surface area contributed by atoms with E-state index in [0.717, 1.165) is 36.8 Å². The molecule has 1 saturated carbocycles. The van der Waals surface area contributed by atoms with Crippen LogP contribution in [0.1, 0.15) is 36.8 Å². The molecule has 208 valence electrons. The van der Waals surface area contributed by atoms with Gasteiger partial charge in [0.05, 0.1) is 30.0 Å². The zero-order valence-corrected chi connectivity index (χ0v) is 24.0. The van der Waals surface area contributed by atoms with E-state index in [1.54, 1.807) is 49.7 Å². The highest BCUT2D eigenvalue weighted by atomic mass is 35.5. The van der Waals surface area contributed by atoms with E-state index < -0.39 is 10.0 Å². The Balaban J connectivity index is 1.41. The molecule has 0 radical (unpaired) electrons. The van der Waals surface area contributed by atoms with Gasteiger partial charge < -0.3 is 14.4 Å². The SMILES string of the molecule is COc1c(C)cc(S(=O)(=O)N2CCN(c3cnn(-c4cccc(Cl)c4)c(=O)c3OC3CCCC3)CC2)cc1C. The maximum absolute atomic E-state index is 13.6. The van der Waals surface area contributed by atoms with Crippen molar-refractivity contribution in [2.24, 2.45) is 0 Å². The van der Waals surface area contributed by atoms with Gasteiger partial charge in [-0.25, -0.2) is 8.42 Å². The van der Waals surface area contributed by atoms with Crippen LogP contribution in [-0.4, -0.2) is 61.9 Å². The smallest absolute Gasteiger partial charge is 0.316 e. The van der Waals surface area contributed by atoms with Gasteiger partial charge in [0.15, 0.2) is 0 Å². The van der Waals surface area contributed by atoms with Gasteiger partial charge in [0, 0.05) is 31.2 Å². The number of aromatic nitrogens is 2. The zero-order chi connectivity index (χ0) is 27.7. The van der Waals surface area contributed by atoms with Gasteiger partial charge in [0.1, 0.15) is 11.4 Å². The number of hydrogen-bond acceptors (Lipinski definition) is 7. The second-order valence-electron chi connectivity index (χ2n) is 10.1. The fraction of sp³-hybridized carbons (Fsp3) is 0.429. The number of halogens is 1. The third kappa shape index (κ3) is 5.50. The predicted molar refractivity (Wildman–Crippen MR) is 151 cm³/mol. The number of rotatable bonds is 7. The van der Waals surface area contributed by atoms with Crippen molar-refractivity contribution < 1.29 is 17.9 Å². The first-order valence-electron chi connectivity index (χ1n) is 13.1. The van der Waals surface area contributed by atoms with Crippen molar-refractivity contribution in [3.05, 3.63) is 69.1 Å². The van der Waals surface area contributed by atoms with Gasteiger partial charge in [0.2, 0.25) is 15.8 Å². The zero-order valence-electron chi connectivity index (χ0n) is 22.4. The third-order valence-electron chi connectivity index (χ3n) is 7.41. The Bertz CT molecular complexity index is 1500. The van der Waals surface area contributed by atoms with Crippen molar-refractivity contribution >= 4 is 27.3 Å². The van der Waals surface area contributed by atoms with Crippen LogP contribution in [0.3, 0.4) is 0 Å². The van der Waals surface area contributed by atoms with E-state index in [1.165, 1.54) is 8.99 Å². The van der Waals surface area contributed by atoms with E-state index in [1.807, 2.05) is 18.7 Å². The highest BCUT2D eigenvalue weighted by molar-refractivity contribution is 7.89. The number of benzene rings is 2. The summed E-state index contributed by atoms with van der Waals surface area (Å²) in [4.78, 5) is 15.9. The second kappa shape index (κ2) is 11.2. The van der Waals surface area contributed by atoms with Gasteiger partial charge in [-0.1, -0.05) is 17.7 Å². The quantitative estimate of drug-likeness (QED) is 0.415. The maximum atomic E-state index is 13.6. The Morgan fingerprint density at radius 1 is 0.974 bits per heavy atom. The average molecular weight is 573 g/mol. The van der Waals surface area contributed by atoms with E-state index in [4.69, 9.17) is 21.1 Å². The lowest BCUT2D eigenvalue weighted by Crippen LogP contribution is -2.49. The minimum atomic E-state index is -3.70. The minimum Gasteiger partial charge on any atom is -0.496 e. The summed E-state index contributed by atoms with van der Waals surface area (Å²) >= 11 is 6.16. The number of methoxy groups -OCH3 is 1. The molecule has 1 aromatic heterocycles. The summed E-state index contributed by atoms with van der Waals surface area (Å²) in [6, 6.07) is 10.3. The van der Waals surface area contributed by atoms with Gasteiger partial charge in [-0.2, -0.15) is 14.1 Å². The first kappa shape index (κ1) is 27.5.